The average molecular weight is 316 g/mol. The number of carbonyl (C=O) groups is 1. The summed E-state index contributed by atoms with van der Waals surface area (Å²) >= 11 is 0. The maximum atomic E-state index is 11.6. The number of aliphatic carboxylic acids is 1. The van der Waals surface area contributed by atoms with Crippen molar-refractivity contribution < 1.29 is 24.1 Å². The monoisotopic (exact) mass is 316 g/mol. The molecule has 0 aliphatic heterocycles. The zero-order valence-electron chi connectivity index (χ0n) is 13.4. The Morgan fingerprint density at radius 3 is 2.48 bits per heavy atom. The lowest BCUT2D eigenvalue weighted by Crippen LogP contribution is -2.29. The van der Waals surface area contributed by atoms with Gasteiger partial charge in [-0.15, -0.1) is 0 Å². The van der Waals surface area contributed by atoms with Gasteiger partial charge in [-0.25, -0.2) is 4.79 Å². The first-order chi connectivity index (χ1) is 11.0. The third-order valence-corrected chi connectivity index (χ3v) is 3.44. The standard InChI is InChI=1S/C18H20O5/c1-12-5-4-6-15(9-12)23-17(18(19)20)11-13-10-14(21-2)7-8-16(13)22-3/h4-10,17H,11H2,1-3H3,(H,19,20). The third kappa shape index (κ3) is 4.39. The van der Waals surface area contributed by atoms with Gasteiger partial charge in [-0.2, -0.15) is 0 Å². The number of benzene rings is 2. The minimum Gasteiger partial charge on any atom is -0.497 e. The number of hydrogen-bond donors (Lipinski definition) is 1. The minimum absolute atomic E-state index is 0.170. The Bertz CT molecular complexity index is 681. The van der Waals surface area contributed by atoms with E-state index in [1.807, 2.05) is 19.1 Å². The van der Waals surface area contributed by atoms with Crippen molar-refractivity contribution in [2.75, 3.05) is 14.2 Å². The zero-order chi connectivity index (χ0) is 16.8. The first kappa shape index (κ1) is 16.7. The Labute approximate surface area is 135 Å². The predicted octanol–water partition coefficient (Wildman–Crippen LogP) is 3.09. The van der Waals surface area contributed by atoms with Crippen LogP contribution in [-0.2, 0) is 11.2 Å². The molecule has 23 heavy (non-hydrogen) atoms. The van der Waals surface area contributed by atoms with Crippen LogP contribution in [0.2, 0.25) is 0 Å². The molecule has 122 valence electrons. The van der Waals surface area contributed by atoms with Crippen LogP contribution in [0.4, 0.5) is 0 Å². The van der Waals surface area contributed by atoms with E-state index in [9.17, 15) is 9.90 Å². The minimum atomic E-state index is -1.03. The van der Waals surface area contributed by atoms with Crippen molar-refractivity contribution in [2.24, 2.45) is 0 Å². The van der Waals surface area contributed by atoms with Gasteiger partial charge < -0.3 is 19.3 Å². The van der Waals surface area contributed by atoms with E-state index in [1.54, 1.807) is 44.6 Å². The summed E-state index contributed by atoms with van der Waals surface area (Å²) < 4.78 is 16.1. The SMILES string of the molecule is COc1ccc(OC)c(CC(Oc2cccc(C)c2)C(=O)O)c1. The van der Waals surface area contributed by atoms with Gasteiger partial charge in [0.05, 0.1) is 14.2 Å². The van der Waals surface area contributed by atoms with Crippen molar-refractivity contribution in [1.82, 2.24) is 0 Å². The normalized spacial score (nSPS) is 11.6. The van der Waals surface area contributed by atoms with Crippen molar-refractivity contribution in [3.8, 4) is 17.2 Å². The van der Waals surface area contributed by atoms with Crippen LogP contribution in [0.25, 0.3) is 0 Å². The molecule has 2 aromatic rings. The Morgan fingerprint density at radius 1 is 1.09 bits per heavy atom. The lowest BCUT2D eigenvalue weighted by atomic mass is 10.1. The summed E-state index contributed by atoms with van der Waals surface area (Å²) in [6.07, 6.45) is -0.846. The summed E-state index contributed by atoms with van der Waals surface area (Å²) in [6, 6.07) is 12.6. The summed E-state index contributed by atoms with van der Waals surface area (Å²) in [7, 11) is 3.10. The van der Waals surface area contributed by atoms with Gasteiger partial charge in [0.2, 0.25) is 0 Å². The second-order valence-electron chi connectivity index (χ2n) is 5.14. The second kappa shape index (κ2) is 7.54. The van der Waals surface area contributed by atoms with Crippen LogP contribution in [0.15, 0.2) is 42.5 Å². The van der Waals surface area contributed by atoms with Crippen LogP contribution in [0, 0.1) is 6.92 Å². The van der Waals surface area contributed by atoms with Crippen LogP contribution >= 0.6 is 0 Å². The number of methoxy groups -OCH3 is 2. The molecule has 0 heterocycles. The molecule has 0 saturated heterocycles. The van der Waals surface area contributed by atoms with E-state index >= 15 is 0 Å². The number of hydrogen-bond acceptors (Lipinski definition) is 4. The molecule has 5 heteroatoms. The van der Waals surface area contributed by atoms with Crippen molar-refractivity contribution >= 4 is 5.97 Å². The molecule has 2 aromatic carbocycles. The molecular formula is C18H20O5. The molecule has 0 aliphatic rings. The smallest absolute Gasteiger partial charge is 0.345 e. The summed E-state index contributed by atoms with van der Waals surface area (Å²) in [5, 5.41) is 9.46. The molecule has 1 unspecified atom stereocenters. The molecule has 0 aliphatic carbocycles. The van der Waals surface area contributed by atoms with Crippen molar-refractivity contribution in [2.45, 2.75) is 19.4 Å². The Kier molecular flexibility index (Phi) is 5.46. The van der Waals surface area contributed by atoms with Crippen molar-refractivity contribution in [3.63, 3.8) is 0 Å². The second-order valence-corrected chi connectivity index (χ2v) is 5.14. The zero-order valence-corrected chi connectivity index (χ0v) is 13.4. The van der Waals surface area contributed by atoms with Gasteiger partial charge in [-0.1, -0.05) is 12.1 Å². The van der Waals surface area contributed by atoms with Gasteiger partial charge in [-0.05, 0) is 42.8 Å². The van der Waals surface area contributed by atoms with Crippen LogP contribution < -0.4 is 14.2 Å². The van der Waals surface area contributed by atoms with E-state index < -0.39 is 12.1 Å². The van der Waals surface area contributed by atoms with Gasteiger partial charge in [0.15, 0.2) is 6.10 Å². The van der Waals surface area contributed by atoms with E-state index in [0.29, 0.717) is 22.8 Å². The van der Waals surface area contributed by atoms with Crippen molar-refractivity contribution in [3.05, 3.63) is 53.6 Å². The van der Waals surface area contributed by atoms with E-state index in [-0.39, 0.29) is 6.42 Å². The first-order valence-corrected chi connectivity index (χ1v) is 7.20. The molecule has 5 nitrogen and oxygen atoms in total. The molecular weight excluding hydrogens is 296 g/mol. The highest BCUT2D eigenvalue weighted by molar-refractivity contribution is 5.73. The number of rotatable bonds is 7. The van der Waals surface area contributed by atoms with Crippen molar-refractivity contribution in [1.29, 1.82) is 0 Å². The van der Waals surface area contributed by atoms with Gasteiger partial charge in [0.1, 0.15) is 17.2 Å². The predicted molar refractivity (Wildman–Crippen MR) is 86.5 cm³/mol. The quantitative estimate of drug-likeness (QED) is 0.850. The highest BCUT2D eigenvalue weighted by Crippen LogP contribution is 2.26. The molecule has 0 saturated carbocycles. The first-order valence-electron chi connectivity index (χ1n) is 7.20. The largest absolute Gasteiger partial charge is 0.497 e. The summed E-state index contributed by atoms with van der Waals surface area (Å²) in [4.78, 5) is 11.6. The lowest BCUT2D eigenvalue weighted by molar-refractivity contribution is -0.145. The molecule has 0 amide bonds. The molecule has 0 fully saturated rings. The van der Waals surface area contributed by atoms with Crippen LogP contribution in [0.1, 0.15) is 11.1 Å². The Morgan fingerprint density at radius 2 is 1.87 bits per heavy atom. The fourth-order valence-corrected chi connectivity index (χ4v) is 2.27. The Balaban J connectivity index is 2.24. The molecule has 2 rings (SSSR count). The summed E-state index contributed by atoms with van der Waals surface area (Å²) in [5.74, 6) is 0.737. The fourth-order valence-electron chi connectivity index (χ4n) is 2.27. The van der Waals surface area contributed by atoms with Gasteiger partial charge in [-0.3, -0.25) is 0 Å². The summed E-state index contributed by atoms with van der Waals surface area (Å²) in [5.41, 5.74) is 1.72. The van der Waals surface area contributed by atoms with Gasteiger partial charge in [0.25, 0.3) is 0 Å². The van der Waals surface area contributed by atoms with E-state index in [4.69, 9.17) is 14.2 Å². The molecule has 0 aromatic heterocycles. The average Bonchev–Trinajstić information content (AvgIpc) is 2.54. The number of aryl methyl sites for hydroxylation is 1. The maximum absolute atomic E-state index is 11.6. The molecule has 0 bridgehead atoms. The molecule has 0 spiro atoms. The molecule has 1 atom stereocenters. The third-order valence-electron chi connectivity index (χ3n) is 3.44. The maximum Gasteiger partial charge on any atom is 0.345 e. The summed E-state index contributed by atoms with van der Waals surface area (Å²) in [6.45, 7) is 1.92. The number of carboxylic acids is 1. The van der Waals surface area contributed by atoms with E-state index in [0.717, 1.165) is 5.56 Å². The molecule has 0 radical (unpaired) electrons. The lowest BCUT2D eigenvalue weighted by Gasteiger charge is -2.17. The van der Waals surface area contributed by atoms with E-state index in [2.05, 4.69) is 0 Å². The van der Waals surface area contributed by atoms with E-state index in [1.165, 1.54) is 0 Å². The fraction of sp³-hybridized carbons (Fsp3) is 0.278. The highest BCUT2D eigenvalue weighted by atomic mass is 16.5. The van der Waals surface area contributed by atoms with Crippen LogP contribution in [-0.4, -0.2) is 31.4 Å². The van der Waals surface area contributed by atoms with Crippen LogP contribution in [0.5, 0.6) is 17.2 Å². The van der Waals surface area contributed by atoms with Crippen LogP contribution in [0.3, 0.4) is 0 Å². The highest BCUT2D eigenvalue weighted by Gasteiger charge is 2.22. The van der Waals surface area contributed by atoms with Gasteiger partial charge >= 0.3 is 5.97 Å². The molecule has 1 N–H and O–H groups in total. The number of carboxylic acid groups (broad SMARTS) is 1. The topological polar surface area (TPSA) is 65.0 Å². The number of ether oxygens (including phenoxy) is 3. The van der Waals surface area contributed by atoms with Gasteiger partial charge in [0, 0.05) is 12.0 Å². The Hall–Kier alpha value is -2.69.